The number of anilines is 1. The zero-order valence-electron chi connectivity index (χ0n) is 17.0. The van der Waals surface area contributed by atoms with Crippen LogP contribution in [0.25, 0.3) is 10.2 Å². The quantitative estimate of drug-likeness (QED) is 0.628. The van der Waals surface area contributed by atoms with Crippen LogP contribution in [0.4, 0.5) is 5.69 Å². The van der Waals surface area contributed by atoms with E-state index in [1.807, 2.05) is 41.5 Å². The van der Waals surface area contributed by atoms with Gasteiger partial charge in [0.15, 0.2) is 0 Å². The van der Waals surface area contributed by atoms with Crippen LogP contribution in [0.3, 0.4) is 0 Å². The highest BCUT2D eigenvalue weighted by atomic mass is 32.2. The number of aromatic amines is 1. The number of carbonyl (C=O) groups excluding carboxylic acids is 1. The number of rotatable bonds is 5. The normalized spacial score (nSPS) is 12.4. The monoisotopic (exact) mass is 415 g/mol. The molecule has 3 rings (SSSR count). The first-order chi connectivity index (χ1) is 13.2. The fourth-order valence-corrected chi connectivity index (χ4v) is 5.05. The van der Waals surface area contributed by atoms with E-state index < -0.39 is 0 Å². The van der Waals surface area contributed by atoms with Crippen LogP contribution < -0.4 is 10.9 Å². The summed E-state index contributed by atoms with van der Waals surface area (Å²) in [5.74, 6) is 1.03. The second kappa shape index (κ2) is 8.09. The number of carbonyl (C=O) groups is 1. The van der Waals surface area contributed by atoms with Gasteiger partial charge in [-0.3, -0.25) is 9.59 Å². The van der Waals surface area contributed by atoms with Crippen molar-refractivity contribution in [3.8, 4) is 0 Å². The van der Waals surface area contributed by atoms with Gasteiger partial charge in [0, 0.05) is 10.6 Å². The number of aromatic nitrogens is 2. The molecule has 28 heavy (non-hydrogen) atoms. The van der Waals surface area contributed by atoms with Crippen LogP contribution in [-0.4, -0.2) is 21.1 Å². The number of hydrogen-bond acceptors (Lipinski definition) is 5. The van der Waals surface area contributed by atoms with Crippen molar-refractivity contribution >= 4 is 44.9 Å². The first-order valence-electron chi connectivity index (χ1n) is 9.16. The molecule has 1 aromatic carbocycles. The van der Waals surface area contributed by atoms with Crippen molar-refractivity contribution in [1.29, 1.82) is 0 Å². The van der Waals surface area contributed by atoms with Gasteiger partial charge in [-0.05, 0) is 58.2 Å². The Labute approximate surface area is 173 Å². The summed E-state index contributed by atoms with van der Waals surface area (Å²) in [6.45, 7) is 11.9. The summed E-state index contributed by atoms with van der Waals surface area (Å²) in [5.41, 5.74) is 5.06. The number of amides is 1. The molecule has 148 valence electrons. The molecule has 3 aromatic rings. The summed E-state index contributed by atoms with van der Waals surface area (Å²) >= 11 is 2.99. The van der Waals surface area contributed by atoms with Gasteiger partial charge in [0.2, 0.25) is 5.91 Å². The summed E-state index contributed by atoms with van der Waals surface area (Å²) in [5, 5.41) is 3.45. The molecule has 0 unspecified atom stereocenters. The van der Waals surface area contributed by atoms with E-state index in [2.05, 4.69) is 27.4 Å². The molecule has 0 bridgehead atoms. The van der Waals surface area contributed by atoms with Crippen molar-refractivity contribution < 1.29 is 4.79 Å². The van der Waals surface area contributed by atoms with Crippen LogP contribution in [0.5, 0.6) is 0 Å². The Hall–Kier alpha value is -2.12. The molecule has 1 atom stereocenters. The van der Waals surface area contributed by atoms with Gasteiger partial charge < -0.3 is 10.3 Å². The van der Waals surface area contributed by atoms with E-state index in [0.29, 0.717) is 17.0 Å². The lowest BCUT2D eigenvalue weighted by molar-refractivity contribution is -0.115. The number of fused-ring (bicyclic) bond motifs is 1. The number of thiophene rings is 1. The zero-order valence-corrected chi connectivity index (χ0v) is 18.7. The van der Waals surface area contributed by atoms with Gasteiger partial charge in [-0.25, -0.2) is 4.98 Å². The molecule has 0 saturated heterocycles. The number of nitrogens with one attached hydrogen (secondary N) is 2. The second-order valence-corrected chi connectivity index (χ2v) is 9.72. The van der Waals surface area contributed by atoms with Crippen molar-refractivity contribution in [3.63, 3.8) is 0 Å². The summed E-state index contributed by atoms with van der Waals surface area (Å²) in [7, 11) is 0. The molecular weight excluding hydrogens is 390 g/mol. The van der Waals surface area contributed by atoms with Crippen LogP contribution in [-0.2, 0) is 10.5 Å². The molecule has 0 fully saturated rings. The molecule has 2 aromatic heterocycles. The highest BCUT2D eigenvalue weighted by Gasteiger charge is 2.17. The minimum Gasteiger partial charge on any atom is -0.325 e. The summed E-state index contributed by atoms with van der Waals surface area (Å²) in [4.78, 5) is 34.3. The van der Waals surface area contributed by atoms with Crippen LogP contribution in [0.15, 0.2) is 16.9 Å². The third-order valence-electron chi connectivity index (χ3n) is 4.85. The van der Waals surface area contributed by atoms with Crippen LogP contribution >= 0.6 is 23.1 Å². The lowest BCUT2D eigenvalue weighted by Gasteiger charge is -2.16. The molecule has 0 radical (unpaired) electrons. The van der Waals surface area contributed by atoms with E-state index in [0.717, 1.165) is 32.1 Å². The predicted octanol–water partition coefficient (Wildman–Crippen LogP) is 4.79. The van der Waals surface area contributed by atoms with Crippen LogP contribution in [0.2, 0.25) is 0 Å². The largest absolute Gasteiger partial charge is 0.325 e. The highest BCUT2D eigenvalue weighted by Crippen LogP contribution is 2.27. The summed E-state index contributed by atoms with van der Waals surface area (Å²) < 4.78 is 0. The molecule has 2 heterocycles. The van der Waals surface area contributed by atoms with E-state index in [1.165, 1.54) is 28.7 Å². The molecule has 0 spiro atoms. The summed E-state index contributed by atoms with van der Waals surface area (Å²) in [6.07, 6.45) is 0. The number of hydrogen-bond donors (Lipinski definition) is 2. The van der Waals surface area contributed by atoms with Gasteiger partial charge in [-0.2, -0.15) is 0 Å². The van der Waals surface area contributed by atoms with Gasteiger partial charge in [0.05, 0.1) is 16.4 Å². The zero-order chi connectivity index (χ0) is 20.6. The van der Waals surface area contributed by atoms with Gasteiger partial charge in [-0.15, -0.1) is 23.1 Å². The fraction of sp³-hybridized carbons (Fsp3) is 0.381. The minimum atomic E-state index is -0.270. The van der Waals surface area contributed by atoms with Crippen molar-refractivity contribution in [2.45, 2.75) is 52.5 Å². The number of thioether (sulfide) groups is 1. The lowest BCUT2D eigenvalue weighted by atomic mass is 10.1. The topological polar surface area (TPSA) is 74.8 Å². The molecule has 5 nitrogen and oxygen atoms in total. The molecule has 2 N–H and O–H groups in total. The molecule has 0 saturated carbocycles. The molecule has 1 amide bonds. The van der Waals surface area contributed by atoms with Crippen molar-refractivity contribution in [2.24, 2.45) is 0 Å². The Balaban J connectivity index is 1.70. The van der Waals surface area contributed by atoms with Gasteiger partial charge in [0.1, 0.15) is 10.7 Å². The predicted molar refractivity (Wildman–Crippen MR) is 120 cm³/mol. The second-order valence-electron chi connectivity index (χ2n) is 7.19. The van der Waals surface area contributed by atoms with Crippen LogP contribution in [0, 0.1) is 34.6 Å². The van der Waals surface area contributed by atoms with Crippen molar-refractivity contribution in [2.75, 3.05) is 5.32 Å². The third-order valence-corrected chi connectivity index (χ3v) is 7.11. The molecule has 0 aliphatic carbocycles. The maximum atomic E-state index is 12.6. The Morgan fingerprint density at radius 1 is 1.21 bits per heavy atom. The Kier molecular flexibility index (Phi) is 5.95. The average molecular weight is 416 g/mol. The van der Waals surface area contributed by atoms with Gasteiger partial charge in [0.25, 0.3) is 5.56 Å². The smallest absolute Gasteiger partial charge is 0.259 e. The van der Waals surface area contributed by atoms with Gasteiger partial charge >= 0.3 is 0 Å². The number of H-pyrrole nitrogens is 1. The number of nitrogens with zero attached hydrogens (tertiary/aromatic N) is 1. The first kappa shape index (κ1) is 20.6. The Bertz CT molecular complexity index is 1090. The fourth-order valence-electron chi connectivity index (χ4n) is 3.25. The molecular formula is C21H25N3O2S2. The van der Waals surface area contributed by atoms with Crippen LogP contribution in [0.1, 0.15) is 39.9 Å². The Morgan fingerprint density at radius 2 is 1.86 bits per heavy atom. The maximum Gasteiger partial charge on any atom is 0.259 e. The van der Waals surface area contributed by atoms with E-state index in [9.17, 15) is 9.59 Å². The highest BCUT2D eigenvalue weighted by molar-refractivity contribution is 7.99. The Morgan fingerprint density at radius 3 is 2.50 bits per heavy atom. The van der Waals surface area contributed by atoms with Crippen molar-refractivity contribution in [1.82, 2.24) is 9.97 Å². The maximum absolute atomic E-state index is 12.6. The van der Waals surface area contributed by atoms with E-state index in [1.54, 1.807) is 0 Å². The van der Waals surface area contributed by atoms with Gasteiger partial charge in [-0.1, -0.05) is 17.7 Å². The molecule has 7 heteroatoms. The molecule has 0 aliphatic heterocycles. The number of aryl methyl sites for hydroxylation is 5. The van der Waals surface area contributed by atoms with E-state index >= 15 is 0 Å². The van der Waals surface area contributed by atoms with E-state index in [-0.39, 0.29) is 16.7 Å². The standard InChI is InChI=1S/C21H25N3O2S2/c1-10-7-11(2)18(12(3)8-10)24-19(25)15(6)27-9-16-22-20(26)17-13(4)14(5)28-21(17)23-16/h7-8,15H,9H2,1-6H3,(H,24,25)(H,22,23,26)/t15-/m0/s1. The lowest BCUT2D eigenvalue weighted by Crippen LogP contribution is -2.24. The first-order valence-corrected chi connectivity index (χ1v) is 11.0. The molecule has 0 aliphatic rings. The SMILES string of the molecule is Cc1cc(C)c(NC(=O)[C@H](C)SCc2nc3sc(C)c(C)c3c(=O)[nH]2)c(C)c1. The van der Waals surface area contributed by atoms with E-state index in [4.69, 9.17) is 0 Å². The minimum absolute atomic E-state index is 0.0497. The van der Waals surface area contributed by atoms with Crippen molar-refractivity contribution in [3.05, 3.63) is 55.4 Å². The summed E-state index contributed by atoms with van der Waals surface area (Å²) in [6, 6.07) is 4.13. The average Bonchev–Trinajstić information content (AvgIpc) is 2.90. The third kappa shape index (κ3) is 4.15. The number of benzene rings is 1.